The smallest absolute Gasteiger partial charge is 0.164 e. The summed E-state index contributed by atoms with van der Waals surface area (Å²) in [5.41, 5.74) is 3.68. The summed E-state index contributed by atoms with van der Waals surface area (Å²) in [4.78, 5) is 12.8. The van der Waals surface area contributed by atoms with Crippen LogP contribution in [0.3, 0.4) is 0 Å². The van der Waals surface area contributed by atoms with Crippen molar-refractivity contribution in [3.05, 3.63) is 41.0 Å². The van der Waals surface area contributed by atoms with E-state index in [4.69, 9.17) is 0 Å². The van der Waals surface area contributed by atoms with Crippen LogP contribution in [0.1, 0.15) is 56.6 Å². The van der Waals surface area contributed by atoms with Crippen molar-refractivity contribution in [2.75, 3.05) is 0 Å². The van der Waals surface area contributed by atoms with Gasteiger partial charge in [-0.1, -0.05) is 19.1 Å². The molecule has 2 saturated carbocycles. The molecule has 1 aromatic rings. The maximum Gasteiger partial charge on any atom is 0.164 e. The van der Waals surface area contributed by atoms with Crippen LogP contribution in [0, 0.1) is 17.3 Å². The lowest BCUT2D eigenvalue weighted by Gasteiger charge is -2.48. The average Bonchev–Trinajstić information content (AvgIpc) is 2.78. The van der Waals surface area contributed by atoms with E-state index in [9.17, 15) is 9.90 Å². The van der Waals surface area contributed by atoms with E-state index >= 15 is 0 Å². The zero-order valence-electron chi connectivity index (χ0n) is 13.4. The second-order valence-electron chi connectivity index (χ2n) is 7.60. The zero-order chi connectivity index (χ0) is 15.5. The standard InChI is InChI=1S/C20H24O2/c1-3-12-11-18-17-6-4-13-10-14(21)5-7-15(13)16(17)8-9-20(18,2)19(12)22/h3,5,7,10,16-18,21H,4,6,8-9,11H2,1-2H3/b12-3-/t16-,17-,18+,20+/m1/s1. The van der Waals surface area contributed by atoms with Crippen LogP contribution in [0.2, 0.25) is 0 Å². The van der Waals surface area contributed by atoms with E-state index in [0.29, 0.717) is 29.3 Å². The van der Waals surface area contributed by atoms with Crippen LogP contribution in [-0.4, -0.2) is 10.9 Å². The molecule has 0 aliphatic heterocycles. The summed E-state index contributed by atoms with van der Waals surface area (Å²) < 4.78 is 0. The number of carbonyl (C=O) groups is 1. The number of aryl methyl sites for hydroxylation is 1. The maximum absolute atomic E-state index is 12.8. The largest absolute Gasteiger partial charge is 0.508 e. The molecule has 3 aliphatic carbocycles. The normalized spacial score (nSPS) is 38.5. The van der Waals surface area contributed by atoms with Gasteiger partial charge < -0.3 is 5.11 Å². The molecule has 1 N–H and O–H groups in total. The Balaban J connectivity index is 1.74. The predicted molar refractivity (Wildman–Crippen MR) is 86.9 cm³/mol. The van der Waals surface area contributed by atoms with Gasteiger partial charge in [-0.3, -0.25) is 4.79 Å². The van der Waals surface area contributed by atoms with Gasteiger partial charge in [0.1, 0.15) is 5.75 Å². The Hall–Kier alpha value is -1.57. The zero-order valence-corrected chi connectivity index (χ0v) is 13.4. The molecule has 4 rings (SSSR count). The van der Waals surface area contributed by atoms with Gasteiger partial charge in [0.15, 0.2) is 5.78 Å². The number of benzene rings is 1. The molecule has 2 fully saturated rings. The van der Waals surface area contributed by atoms with Crippen molar-refractivity contribution in [2.24, 2.45) is 17.3 Å². The van der Waals surface area contributed by atoms with E-state index in [2.05, 4.69) is 13.0 Å². The van der Waals surface area contributed by atoms with Crippen LogP contribution in [0.5, 0.6) is 5.75 Å². The number of ketones is 1. The van der Waals surface area contributed by atoms with Gasteiger partial charge in [-0.05, 0) is 85.6 Å². The third-order valence-electron chi connectivity index (χ3n) is 6.70. The number of allylic oxidation sites excluding steroid dienone is 2. The predicted octanol–water partition coefficient (Wildman–Crippen LogP) is 4.37. The molecule has 3 aliphatic rings. The molecule has 4 atom stereocenters. The van der Waals surface area contributed by atoms with Crippen LogP contribution >= 0.6 is 0 Å². The van der Waals surface area contributed by atoms with Gasteiger partial charge in [0.25, 0.3) is 0 Å². The lowest BCUT2D eigenvalue weighted by atomic mass is 9.55. The van der Waals surface area contributed by atoms with E-state index in [-0.39, 0.29) is 5.41 Å². The molecule has 116 valence electrons. The molecule has 22 heavy (non-hydrogen) atoms. The molecular weight excluding hydrogens is 272 g/mol. The molecule has 2 nitrogen and oxygen atoms in total. The molecule has 0 amide bonds. The average molecular weight is 296 g/mol. The highest BCUT2D eigenvalue weighted by Crippen LogP contribution is 2.60. The van der Waals surface area contributed by atoms with E-state index in [1.165, 1.54) is 11.1 Å². The minimum atomic E-state index is -0.128. The summed E-state index contributed by atoms with van der Waals surface area (Å²) >= 11 is 0. The Labute approximate surface area is 132 Å². The van der Waals surface area contributed by atoms with Gasteiger partial charge in [-0.25, -0.2) is 0 Å². The molecule has 2 heteroatoms. The highest BCUT2D eigenvalue weighted by Gasteiger charge is 2.56. The van der Waals surface area contributed by atoms with Crippen molar-refractivity contribution in [3.63, 3.8) is 0 Å². The fourth-order valence-electron chi connectivity index (χ4n) is 5.49. The van der Waals surface area contributed by atoms with Crippen molar-refractivity contribution in [1.29, 1.82) is 0 Å². The first-order valence-corrected chi connectivity index (χ1v) is 8.56. The molecule has 0 aromatic heterocycles. The summed E-state index contributed by atoms with van der Waals surface area (Å²) in [6, 6.07) is 5.89. The first kappa shape index (κ1) is 14.0. The quantitative estimate of drug-likeness (QED) is 0.722. The Morgan fingerprint density at radius 3 is 2.91 bits per heavy atom. The topological polar surface area (TPSA) is 37.3 Å². The molecule has 0 heterocycles. The van der Waals surface area contributed by atoms with Crippen LogP contribution in [0.25, 0.3) is 0 Å². The number of carbonyl (C=O) groups excluding carboxylic acids is 1. The summed E-state index contributed by atoms with van der Waals surface area (Å²) in [5.74, 6) is 2.50. The van der Waals surface area contributed by atoms with E-state index in [1.54, 1.807) is 0 Å². The van der Waals surface area contributed by atoms with E-state index in [0.717, 1.165) is 37.7 Å². The Kier molecular flexibility index (Phi) is 3.01. The van der Waals surface area contributed by atoms with E-state index < -0.39 is 0 Å². The van der Waals surface area contributed by atoms with Gasteiger partial charge in [-0.15, -0.1) is 0 Å². The summed E-state index contributed by atoms with van der Waals surface area (Å²) in [6.07, 6.45) is 7.33. The van der Waals surface area contributed by atoms with E-state index in [1.807, 2.05) is 25.1 Å². The third kappa shape index (κ3) is 1.76. The monoisotopic (exact) mass is 296 g/mol. The van der Waals surface area contributed by atoms with Gasteiger partial charge in [-0.2, -0.15) is 0 Å². The van der Waals surface area contributed by atoms with Crippen molar-refractivity contribution >= 4 is 5.78 Å². The number of Topliss-reactive ketones (excluding diaryl/α,β-unsaturated/α-hetero) is 1. The fraction of sp³-hybridized carbons (Fsp3) is 0.550. The fourth-order valence-corrected chi connectivity index (χ4v) is 5.49. The Morgan fingerprint density at radius 2 is 2.14 bits per heavy atom. The van der Waals surface area contributed by atoms with Crippen LogP contribution < -0.4 is 0 Å². The second kappa shape index (κ2) is 4.71. The second-order valence-corrected chi connectivity index (χ2v) is 7.60. The summed E-state index contributed by atoms with van der Waals surface area (Å²) in [6.45, 7) is 4.21. The van der Waals surface area contributed by atoms with Gasteiger partial charge in [0.05, 0.1) is 0 Å². The molecule has 0 bridgehead atoms. The molecule has 0 radical (unpaired) electrons. The molecule has 0 saturated heterocycles. The van der Waals surface area contributed by atoms with Crippen LogP contribution in [0.15, 0.2) is 29.8 Å². The highest BCUT2D eigenvalue weighted by molar-refractivity contribution is 6.02. The first-order chi connectivity index (χ1) is 10.5. The summed E-state index contributed by atoms with van der Waals surface area (Å²) in [5, 5.41) is 9.72. The highest BCUT2D eigenvalue weighted by atomic mass is 16.3. The minimum Gasteiger partial charge on any atom is -0.508 e. The summed E-state index contributed by atoms with van der Waals surface area (Å²) in [7, 11) is 0. The maximum atomic E-state index is 12.8. The molecule has 0 spiro atoms. The van der Waals surface area contributed by atoms with Crippen LogP contribution in [-0.2, 0) is 11.2 Å². The number of hydrogen-bond donors (Lipinski definition) is 1. The SMILES string of the molecule is C/C=C1/C[C@H]2[C@@H]3CCc4cc(O)ccc4[C@H]3CC[C@]2(C)C1=O. The lowest BCUT2D eigenvalue weighted by molar-refractivity contribution is -0.127. The van der Waals surface area contributed by atoms with Crippen molar-refractivity contribution in [3.8, 4) is 5.75 Å². The molecule has 0 unspecified atom stereocenters. The third-order valence-corrected chi connectivity index (χ3v) is 6.70. The Morgan fingerprint density at radius 1 is 1.32 bits per heavy atom. The van der Waals surface area contributed by atoms with Gasteiger partial charge in [0, 0.05) is 5.41 Å². The number of hydrogen-bond acceptors (Lipinski definition) is 2. The molecule has 1 aromatic carbocycles. The van der Waals surface area contributed by atoms with Crippen molar-refractivity contribution in [2.45, 2.75) is 51.9 Å². The number of phenolic OH excluding ortho intramolecular Hbond substituents is 1. The first-order valence-electron chi connectivity index (χ1n) is 8.56. The van der Waals surface area contributed by atoms with Gasteiger partial charge >= 0.3 is 0 Å². The number of aromatic hydroxyl groups is 1. The van der Waals surface area contributed by atoms with Crippen molar-refractivity contribution in [1.82, 2.24) is 0 Å². The van der Waals surface area contributed by atoms with Crippen molar-refractivity contribution < 1.29 is 9.90 Å². The number of phenols is 1. The number of rotatable bonds is 0. The minimum absolute atomic E-state index is 0.128. The van der Waals surface area contributed by atoms with Crippen LogP contribution in [0.4, 0.5) is 0 Å². The number of fused-ring (bicyclic) bond motifs is 5. The van der Waals surface area contributed by atoms with Gasteiger partial charge in [0.2, 0.25) is 0 Å². The molecular formula is C20H24O2. The lowest BCUT2D eigenvalue weighted by Crippen LogP contribution is -2.42. The Bertz CT molecular complexity index is 672.